The number of anilines is 1. The minimum absolute atomic E-state index is 0.0201. The molecular weight excluding hydrogens is 516 g/mol. The number of amides is 2. The van der Waals surface area contributed by atoms with Gasteiger partial charge < -0.3 is 0 Å². The van der Waals surface area contributed by atoms with E-state index in [4.69, 9.17) is 23.8 Å². The maximum Gasteiger partial charge on any atom is 0.270 e. The topological polar surface area (TPSA) is 49.4 Å². The maximum absolute atomic E-state index is 13.1. The Bertz CT molecular complexity index is 1210. The fourth-order valence-electron chi connectivity index (χ4n) is 2.94. The minimum Gasteiger partial charge on any atom is -0.298 e. The molecule has 1 fully saturated rings. The van der Waals surface area contributed by atoms with Crippen LogP contribution in [0.3, 0.4) is 0 Å². The molecule has 0 aromatic heterocycles. The van der Waals surface area contributed by atoms with Gasteiger partial charge in [0.1, 0.15) is 5.57 Å². The summed E-state index contributed by atoms with van der Waals surface area (Å²) >= 11 is 16.1. The predicted molar refractivity (Wildman–Crippen MR) is 132 cm³/mol. The Morgan fingerprint density at radius 1 is 0.968 bits per heavy atom. The van der Waals surface area contributed by atoms with Crippen LogP contribution in [0.15, 0.2) is 92.6 Å². The van der Waals surface area contributed by atoms with Crippen molar-refractivity contribution >= 4 is 80.2 Å². The largest absolute Gasteiger partial charge is 0.298 e. The molecule has 154 valence electrons. The smallest absolute Gasteiger partial charge is 0.270 e. The molecule has 2 amide bonds. The molecule has 3 aromatic carbocycles. The van der Waals surface area contributed by atoms with Crippen LogP contribution < -0.4 is 10.2 Å². The molecule has 1 aliphatic rings. The number of nitrogens with one attached hydrogen (secondary N) is 1. The van der Waals surface area contributed by atoms with E-state index in [1.54, 1.807) is 36.0 Å². The second-order valence-electron chi connectivity index (χ2n) is 6.56. The lowest BCUT2D eigenvalue weighted by molar-refractivity contribution is -0.122. The summed E-state index contributed by atoms with van der Waals surface area (Å²) in [6.07, 6.45) is 1.57. The molecular formula is C23H14BrClN2O2S2. The number of hydrogen-bond donors (Lipinski definition) is 1. The maximum atomic E-state index is 13.1. The quantitative estimate of drug-likeness (QED) is 0.253. The molecule has 0 spiro atoms. The molecule has 3 aromatic rings. The van der Waals surface area contributed by atoms with E-state index < -0.39 is 11.8 Å². The third-order valence-corrected chi connectivity index (χ3v) is 6.45. The van der Waals surface area contributed by atoms with Crippen LogP contribution in [0.2, 0.25) is 5.02 Å². The first kappa shape index (κ1) is 21.8. The van der Waals surface area contributed by atoms with Gasteiger partial charge >= 0.3 is 0 Å². The molecule has 1 aliphatic heterocycles. The van der Waals surface area contributed by atoms with Crippen LogP contribution in [0.1, 0.15) is 5.56 Å². The van der Waals surface area contributed by atoms with Crippen molar-refractivity contribution in [2.24, 2.45) is 0 Å². The number of thiocarbonyl (C=S) groups is 1. The third kappa shape index (κ3) is 5.07. The van der Waals surface area contributed by atoms with Gasteiger partial charge in [0.2, 0.25) is 0 Å². The molecule has 1 saturated heterocycles. The van der Waals surface area contributed by atoms with Crippen LogP contribution in [0.25, 0.3) is 6.08 Å². The number of carbonyl (C=O) groups excluding carboxylic acids is 2. The first-order chi connectivity index (χ1) is 14.9. The Hall–Kier alpha value is -2.45. The number of rotatable bonds is 4. The molecule has 0 bridgehead atoms. The van der Waals surface area contributed by atoms with Crippen LogP contribution >= 0.6 is 51.5 Å². The molecule has 0 aliphatic carbocycles. The molecule has 0 saturated carbocycles. The number of halogens is 2. The average Bonchev–Trinajstić information content (AvgIpc) is 2.74. The van der Waals surface area contributed by atoms with E-state index >= 15 is 0 Å². The first-order valence-corrected chi connectivity index (χ1v) is 11.5. The van der Waals surface area contributed by atoms with Gasteiger partial charge in [0.05, 0.1) is 5.69 Å². The first-order valence-electron chi connectivity index (χ1n) is 9.11. The number of carbonyl (C=O) groups is 2. The average molecular weight is 530 g/mol. The van der Waals surface area contributed by atoms with Crippen LogP contribution in [0.4, 0.5) is 5.69 Å². The highest BCUT2D eigenvalue weighted by atomic mass is 79.9. The van der Waals surface area contributed by atoms with Gasteiger partial charge in [-0.2, -0.15) is 0 Å². The monoisotopic (exact) mass is 528 g/mol. The van der Waals surface area contributed by atoms with Crippen molar-refractivity contribution in [2.45, 2.75) is 9.79 Å². The van der Waals surface area contributed by atoms with Crippen molar-refractivity contribution in [1.29, 1.82) is 0 Å². The second-order valence-corrected chi connectivity index (χ2v) is 9.45. The van der Waals surface area contributed by atoms with Gasteiger partial charge in [-0.15, -0.1) is 0 Å². The lowest BCUT2D eigenvalue weighted by Crippen LogP contribution is -2.54. The summed E-state index contributed by atoms with van der Waals surface area (Å²) in [5.41, 5.74) is 1.33. The minimum atomic E-state index is -0.513. The second kappa shape index (κ2) is 9.36. The summed E-state index contributed by atoms with van der Waals surface area (Å²) < 4.78 is 0.803. The van der Waals surface area contributed by atoms with Crippen LogP contribution in [0.5, 0.6) is 0 Å². The molecule has 8 heteroatoms. The molecule has 31 heavy (non-hydrogen) atoms. The molecule has 0 atom stereocenters. The van der Waals surface area contributed by atoms with Crippen molar-refractivity contribution < 1.29 is 9.59 Å². The van der Waals surface area contributed by atoms with Crippen molar-refractivity contribution in [2.75, 3.05) is 4.90 Å². The molecule has 1 N–H and O–H groups in total. The van der Waals surface area contributed by atoms with Crippen molar-refractivity contribution in [3.05, 3.63) is 93.4 Å². The van der Waals surface area contributed by atoms with Gasteiger partial charge in [0.25, 0.3) is 11.8 Å². The SMILES string of the molecule is O=C1NC(=S)N(c2cccc(Br)c2)C(=O)/C1=C/c1ccc(Sc2ccc(Cl)cc2)cc1. The van der Waals surface area contributed by atoms with Gasteiger partial charge in [-0.25, -0.2) is 0 Å². The lowest BCUT2D eigenvalue weighted by Gasteiger charge is -2.29. The third-order valence-electron chi connectivity index (χ3n) is 4.41. The Morgan fingerprint density at radius 2 is 1.61 bits per heavy atom. The number of benzene rings is 3. The van der Waals surface area contributed by atoms with E-state index in [-0.39, 0.29) is 10.7 Å². The fourth-order valence-corrected chi connectivity index (χ4v) is 4.56. The summed E-state index contributed by atoms with van der Waals surface area (Å²) in [5, 5.41) is 3.34. The van der Waals surface area contributed by atoms with Gasteiger partial charge in [0, 0.05) is 19.3 Å². The standard InChI is InChI=1S/C23H14BrClN2O2S2/c24-15-2-1-3-17(13-15)27-22(29)20(21(28)26-23(27)30)12-14-4-8-18(9-5-14)31-19-10-6-16(25)7-11-19/h1-13H,(H,26,28,30)/b20-12+. The fraction of sp³-hybridized carbons (Fsp3) is 0. The van der Waals surface area contributed by atoms with Gasteiger partial charge in [-0.3, -0.25) is 19.8 Å². The Morgan fingerprint density at radius 3 is 2.26 bits per heavy atom. The molecule has 4 rings (SSSR count). The highest BCUT2D eigenvalue weighted by molar-refractivity contribution is 9.10. The predicted octanol–water partition coefficient (Wildman–Crippen LogP) is 6.09. The molecule has 0 unspecified atom stereocenters. The summed E-state index contributed by atoms with van der Waals surface area (Å²) in [6.45, 7) is 0. The van der Waals surface area contributed by atoms with Crippen LogP contribution in [0, 0.1) is 0 Å². The summed E-state index contributed by atoms with van der Waals surface area (Å²) in [5.74, 6) is -0.979. The zero-order valence-electron chi connectivity index (χ0n) is 15.8. The Kier molecular flexibility index (Phi) is 6.57. The van der Waals surface area contributed by atoms with E-state index in [0.29, 0.717) is 10.7 Å². The van der Waals surface area contributed by atoms with Gasteiger partial charge in [0.15, 0.2) is 5.11 Å². The summed E-state index contributed by atoms with van der Waals surface area (Å²) in [7, 11) is 0. The summed E-state index contributed by atoms with van der Waals surface area (Å²) in [4.78, 5) is 28.9. The summed E-state index contributed by atoms with van der Waals surface area (Å²) in [6, 6.07) is 22.4. The molecule has 4 nitrogen and oxygen atoms in total. The molecule has 0 radical (unpaired) electrons. The van der Waals surface area contributed by atoms with Gasteiger partial charge in [-0.1, -0.05) is 57.5 Å². The zero-order valence-corrected chi connectivity index (χ0v) is 19.8. The Balaban J connectivity index is 1.57. The van der Waals surface area contributed by atoms with Crippen molar-refractivity contribution in [3.63, 3.8) is 0 Å². The van der Waals surface area contributed by atoms with E-state index in [1.165, 1.54) is 4.90 Å². The molecule has 1 heterocycles. The van der Waals surface area contributed by atoms with E-state index in [1.807, 2.05) is 54.6 Å². The number of nitrogens with zero attached hydrogens (tertiary/aromatic N) is 1. The van der Waals surface area contributed by atoms with Crippen molar-refractivity contribution in [1.82, 2.24) is 5.32 Å². The normalized spacial score (nSPS) is 15.4. The number of hydrogen-bond acceptors (Lipinski definition) is 4. The van der Waals surface area contributed by atoms with Crippen molar-refractivity contribution in [3.8, 4) is 0 Å². The van der Waals surface area contributed by atoms with Crippen LogP contribution in [-0.2, 0) is 9.59 Å². The van der Waals surface area contributed by atoms with Crippen LogP contribution in [-0.4, -0.2) is 16.9 Å². The van der Waals surface area contributed by atoms with E-state index in [9.17, 15) is 9.59 Å². The van der Waals surface area contributed by atoms with E-state index in [2.05, 4.69) is 21.2 Å². The highest BCUT2D eigenvalue weighted by Crippen LogP contribution is 2.29. The zero-order chi connectivity index (χ0) is 22.0. The van der Waals surface area contributed by atoms with E-state index in [0.717, 1.165) is 19.8 Å². The van der Waals surface area contributed by atoms with Gasteiger partial charge in [-0.05, 0) is 78.5 Å². The Labute approximate surface area is 202 Å². The highest BCUT2D eigenvalue weighted by Gasteiger charge is 2.34. The lowest BCUT2D eigenvalue weighted by atomic mass is 10.1.